The maximum atomic E-state index is 11.9. The van der Waals surface area contributed by atoms with Gasteiger partial charge in [-0.15, -0.1) is 0 Å². The van der Waals surface area contributed by atoms with Crippen LogP contribution in [0.2, 0.25) is 0 Å². The van der Waals surface area contributed by atoms with Gasteiger partial charge in [-0.3, -0.25) is 0 Å². The molecular weight excluding hydrogens is 226 g/mol. The van der Waals surface area contributed by atoms with E-state index in [1.165, 1.54) is 6.20 Å². The Morgan fingerprint density at radius 2 is 2.12 bits per heavy atom. The van der Waals surface area contributed by atoms with Crippen LogP contribution in [0.1, 0.15) is 33.0 Å². The summed E-state index contributed by atoms with van der Waals surface area (Å²) in [5.41, 5.74) is 0. The number of nitrogens with one attached hydrogen (secondary N) is 2. The van der Waals surface area contributed by atoms with E-state index in [-0.39, 0.29) is 11.1 Å². The molecule has 1 aromatic heterocycles. The number of H-pyrrole nitrogens is 1. The minimum atomic E-state index is -3.46. The smallest absolute Gasteiger partial charge is 0.257 e. The van der Waals surface area contributed by atoms with Crippen LogP contribution in [0.25, 0.3) is 0 Å². The Kier molecular flexibility index (Phi) is 4.09. The second-order valence-electron chi connectivity index (χ2n) is 4.13. The van der Waals surface area contributed by atoms with Crippen LogP contribution in [0.15, 0.2) is 11.2 Å². The van der Waals surface area contributed by atoms with Gasteiger partial charge in [0.05, 0.1) is 6.20 Å². The largest absolute Gasteiger partial charge is 0.332 e. The Hall–Kier alpha value is -0.880. The lowest BCUT2D eigenvalue weighted by molar-refractivity contribution is 0.433. The van der Waals surface area contributed by atoms with Crippen molar-refractivity contribution in [3.63, 3.8) is 0 Å². The summed E-state index contributed by atoms with van der Waals surface area (Å²) in [5.74, 6) is 0.898. The van der Waals surface area contributed by atoms with E-state index in [2.05, 4.69) is 14.7 Å². The highest BCUT2D eigenvalue weighted by Crippen LogP contribution is 2.11. The second kappa shape index (κ2) is 4.97. The molecule has 2 N–H and O–H groups in total. The fourth-order valence-electron chi connectivity index (χ4n) is 1.31. The molecular formula is C10H19N3O2S. The first-order chi connectivity index (χ1) is 7.36. The standard InChI is InChI=1S/C10H19N3O2S/c1-5-7(2)8(3)13-16(14,15)10-6-11-9(4)12-10/h6-8,13H,5H2,1-4H3,(H,11,12). The highest BCUT2D eigenvalue weighted by Gasteiger charge is 2.21. The molecule has 16 heavy (non-hydrogen) atoms. The van der Waals surface area contributed by atoms with Gasteiger partial charge < -0.3 is 4.98 Å². The minimum absolute atomic E-state index is 0.0846. The highest BCUT2D eigenvalue weighted by atomic mass is 32.2. The molecule has 92 valence electrons. The SMILES string of the molecule is CCC(C)C(C)NS(=O)(=O)c1cnc(C)[nH]1. The van der Waals surface area contributed by atoms with E-state index in [1.807, 2.05) is 20.8 Å². The highest BCUT2D eigenvalue weighted by molar-refractivity contribution is 7.89. The van der Waals surface area contributed by atoms with Gasteiger partial charge in [0.1, 0.15) is 5.82 Å². The molecule has 1 aromatic rings. The van der Waals surface area contributed by atoms with Gasteiger partial charge in [-0.1, -0.05) is 20.3 Å². The van der Waals surface area contributed by atoms with Gasteiger partial charge in [0, 0.05) is 6.04 Å². The number of nitrogens with zero attached hydrogens (tertiary/aromatic N) is 1. The van der Waals surface area contributed by atoms with E-state index in [0.29, 0.717) is 11.7 Å². The number of aromatic amines is 1. The van der Waals surface area contributed by atoms with Crippen molar-refractivity contribution < 1.29 is 8.42 Å². The van der Waals surface area contributed by atoms with Crippen LogP contribution in [0, 0.1) is 12.8 Å². The Bertz CT molecular complexity index is 439. The molecule has 6 heteroatoms. The zero-order valence-corrected chi connectivity index (χ0v) is 10.9. The average Bonchev–Trinajstić information content (AvgIpc) is 2.63. The van der Waals surface area contributed by atoms with Crippen molar-refractivity contribution in [3.05, 3.63) is 12.0 Å². The van der Waals surface area contributed by atoms with Gasteiger partial charge in [-0.05, 0) is 19.8 Å². The van der Waals surface area contributed by atoms with Gasteiger partial charge in [0.15, 0.2) is 5.03 Å². The maximum absolute atomic E-state index is 11.9. The monoisotopic (exact) mass is 245 g/mol. The number of rotatable bonds is 5. The first-order valence-corrected chi connectivity index (χ1v) is 6.89. The number of hydrogen-bond donors (Lipinski definition) is 2. The Morgan fingerprint density at radius 1 is 1.50 bits per heavy atom. The van der Waals surface area contributed by atoms with E-state index in [4.69, 9.17) is 0 Å². The molecule has 0 spiro atoms. The van der Waals surface area contributed by atoms with Crippen molar-refractivity contribution in [2.45, 2.75) is 45.2 Å². The van der Waals surface area contributed by atoms with Gasteiger partial charge in [0.25, 0.3) is 10.0 Å². The quantitative estimate of drug-likeness (QED) is 0.824. The molecule has 2 atom stereocenters. The van der Waals surface area contributed by atoms with Gasteiger partial charge in [0.2, 0.25) is 0 Å². The molecule has 0 aliphatic carbocycles. The zero-order valence-electron chi connectivity index (χ0n) is 10.1. The molecule has 2 unspecified atom stereocenters. The van der Waals surface area contributed by atoms with Gasteiger partial charge in [-0.25, -0.2) is 18.1 Å². The lowest BCUT2D eigenvalue weighted by Crippen LogP contribution is -2.37. The third-order valence-corrected chi connectivity index (χ3v) is 4.28. The first kappa shape index (κ1) is 13.2. The van der Waals surface area contributed by atoms with Crippen molar-refractivity contribution in [2.75, 3.05) is 0 Å². The van der Waals surface area contributed by atoms with Crippen molar-refractivity contribution in [3.8, 4) is 0 Å². The van der Waals surface area contributed by atoms with Crippen molar-refractivity contribution in [1.29, 1.82) is 0 Å². The molecule has 0 saturated heterocycles. The number of aryl methyl sites for hydroxylation is 1. The fourth-order valence-corrected chi connectivity index (χ4v) is 2.64. The van der Waals surface area contributed by atoms with Crippen LogP contribution >= 0.6 is 0 Å². The summed E-state index contributed by atoms with van der Waals surface area (Å²) >= 11 is 0. The number of hydrogen-bond acceptors (Lipinski definition) is 3. The minimum Gasteiger partial charge on any atom is -0.332 e. The van der Waals surface area contributed by atoms with Gasteiger partial charge in [-0.2, -0.15) is 0 Å². The average molecular weight is 245 g/mol. The summed E-state index contributed by atoms with van der Waals surface area (Å²) in [5, 5.41) is 0.125. The lowest BCUT2D eigenvalue weighted by Gasteiger charge is -2.19. The number of sulfonamides is 1. The summed E-state index contributed by atoms with van der Waals surface area (Å²) in [4.78, 5) is 6.60. The van der Waals surface area contributed by atoms with Crippen LogP contribution in [0.4, 0.5) is 0 Å². The molecule has 0 radical (unpaired) electrons. The second-order valence-corrected chi connectivity index (χ2v) is 5.81. The van der Waals surface area contributed by atoms with E-state index in [9.17, 15) is 8.42 Å². The molecule has 5 nitrogen and oxygen atoms in total. The number of aromatic nitrogens is 2. The summed E-state index contributed by atoms with van der Waals surface area (Å²) in [7, 11) is -3.46. The topological polar surface area (TPSA) is 74.8 Å². The third-order valence-electron chi connectivity index (χ3n) is 2.81. The van der Waals surface area contributed by atoms with E-state index in [1.54, 1.807) is 6.92 Å². The molecule has 0 fully saturated rings. The van der Waals surface area contributed by atoms with E-state index >= 15 is 0 Å². The van der Waals surface area contributed by atoms with Crippen LogP contribution < -0.4 is 4.72 Å². The lowest BCUT2D eigenvalue weighted by atomic mass is 10.0. The third kappa shape index (κ3) is 3.05. The fraction of sp³-hybridized carbons (Fsp3) is 0.700. The number of imidazole rings is 1. The van der Waals surface area contributed by atoms with Crippen molar-refractivity contribution in [1.82, 2.24) is 14.7 Å². The molecule has 1 heterocycles. The molecule has 0 aromatic carbocycles. The molecule has 0 bridgehead atoms. The molecule has 0 aliphatic heterocycles. The van der Waals surface area contributed by atoms with Crippen LogP contribution in [0.5, 0.6) is 0 Å². The van der Waals surface area contributed by atoms with Crippen LogP contribution in [-0.4, -0.2) is 24.4 Å². The zero-order chi connectivity index (χ0) is 12.3. The van der Waals surface area contributed by atoms with Crippen LogP contribution in [-0.2, 0) is 10.0 Å². The van der Waals surface area contributed by atoms with Gasteiger partial charge >= 0.3 is 0 Å². The van der Waals surface area contributed by atoms with E-state index in [0.717, 1.165) is 6.42 Å². The summed E-state index contributed by atoms with van der Waals surface area (Å²) in [6.45, 7) is 7.65. The normalized spacial score (nSPS) is 16.0. The molecule has 1 rings (SSSR count). The summed E-state index contributed by atoms with van der Waals surface area (Å²) < 4.78 is 26.4. The molecule has 0 saturated carbocycles. The Morgan fingerprint density at radius 3 is 2.56 bits per heavy atom. The predicted octanol–water partition coefficient (Wildman–Crippen LogP) is 1.43. The first-order valence-electron chi connectivity index (χ1n) is 5.40. The molecule has 0 aliphatic rings. The Labute approximate surface area is 96.7 Å². The summed E-state index contributed by atoms with van der Waals surface area (Å²) in [6.07, 6.45) is 2.27. The molecule has 0 amide bonds. The Balaban J connectivity index is 2.80. The van der Waals surface area contributed by atoms with Crippen LogP contribution in [0.3, 0.4) is 0 Å². The summed E-state index contributed by atoms with van der Waals surface area (Å²) in [6, 6.07) is -0.0846. The van der Waals surface area contributed by atoms with Crippen molar-refractivity contribution >= 4 is 10.0 Å². The maximum Gasteiger partial charge on any atom is 0.257 e. The predicted molar refractivity (Wildman–Crippen MR) is 62.6 cm³/mol. The van der Waals surface area contributed by atoms with E-state index < -0.39 is 10.0 Å². The van der Waals surface area contributed by atoms with Crippen molar-refractivity contribution in [2.24, 2.45) is 5.92 Å².